The third kappa shape index (κ3) is 6.14. The maximum absolute atomic E-state index is 12.3. The Kier molecular flexibility index (Phi) is 6.93. The van der Waals surface area contributed by atoms with Crippen molar-refractivity contribution in [3.8, 4) is 0 Å². The van der Waals surface area contributed by atoms with Crippen molar-refractivity contribution in [3.05, 3.63) is 54.1 Å². The second-order valence-corrected chi connectivity index (χ2v) is 6.10. The van der Waals surface area contributed by atoms with Gasteiger partial charge in [0, 0.05) is 28.5 Å². The Labute approximate surface area is 158 Å². The fourth-order valence-electron chi connectivity index (χ4n) is 2.12. The van der Waals surface area contributed by atoms with Crippen LogP contribution < -0.4 is 16.0 Å². The van der Waals surface area contributed by atoms with Crippen LogP contribution in [-0.4, -0.2) is 24.5 Å². The molecule has 7 nitrogen and oxygen atoms in total. The minimum absolute atomic E-state index is 0.0664. The summed E-state index contributed by atoms with van der Waals surface area (Å²) in [6.07, 6.45) is -0.542. The van der Waals surface area contributed by atoms with Gasteiger partial charge in [-0.25, -0.2) is 4.79 Å². The number of anilines is 3. The number of amides is 3. The van der Waals surface area contributed by atoms with Gasteiger partial charge in [0.05, 0.1) is 6.61 Å². The van der Waals surface area contributed by atoms with E-state index in [1.165, 1.54) is 0 Å². The zero-order valence-electron chi connectivity index (χ0n) is 15.5. The van der Waals surface area contributed by atoms with E-state index in [9.17, 15) is 14.4 Å². The third-order valence-corrected chi connectivity index (χ3v) is 3.60. The highest BCUT2D eigenvalue weighted by molar-refractivity contribution is 6.04. The van der Waals surface area contributed by atoms with Crippen molar-refractivity contribution in [2.24, 2.45) is 5.92 Å². The highest BCUT2D eigenvalue weighted by Crippen LogP contribution is 2.16. The maximum Gasteiger partial charge on any atom is 0.411 e. The lowest BCUT2D eigenvalue weighted by atomic mass is 10.2. The number of rotatable bonds is 6. The summed E-state index contributed by atoms with van der Waals surface area (Å²) < 4.78 is 4.79. The van der Waals surface area contributed by atoms with Gasteiger partial charge in [-0.05, 0) is 55.5 Å². The molecule has 0 aliphatic carbocycles. The standard InChI is InChI=1S/C20H23N3O4/c1-4-27-20(26)23-17-7-5-14(6-8-17)19(25)22-16-11-9-15(10-12-16)21-18(24)13(2)3/h5-13H,4H2,1-3H3,(H,21,24)(H,22,25)(H,23,26). The fourth-order valence-corrected chi connectivity index (χ4v) is 2.12. The van der Waals surface area contributed by atoms with E-state index in [4.69, 9.17) is 4.74 Å². The number of hydrogen-bond acceptors (Lipinski definition) is 4. The highest BCUT2D eigenvalue weighted by atomic mass is 16.5. The van der Waals surface area contributed by atoms with Gasteiger partial charge in [-0.3, -0.25) is 14.9 Å². The molecule has 0 radical (unpaired) electrons. The molecule has 0 aliphatic heterocycles. The molecule has 2 aromatic rings. The van der Waals surface area contributed by atoms with Crippen LogP contribution in [-0.2, 0) is 9.53 Å². The van der Waals surface area contributed by atoms with Crippen LogP contribution >= 0.6 is 0 Å². The average molecular weight is 369 g/mol. The minimum atomic E-state index is -0.542. The highest BCUT2D eigenvalue weighted by Gasteiger charge is 2.09. The molecule has 0 fully saturated rings. The Balaban J connectivity index is 1.94. The molecule has 0 unspecified atom stereocenters. The largest absolute Gasteiger partial charge is 0.450 e. The summed E-state index contributed by atoms with van der Waals surface area (Å²) in [6, 6.07) is 13.3. The first-order valence-corrected chi connectivity index (χ1v) is 8.65. The summed E-state index contributed by atoms with van der Waals surface area (Å²) in [5.41, 5.74) is 2.26. The molecular weight excluding hydrogens is 346 g/mol. The van der Waals surface area contributed by atoms with E-state index < -0.39 is 6.09 Å². The SMILES string of the molecule is CCOC(=O)Nc1ccc(C(=O)Nc2ccc(NC(=O)C(C)C)cc2)cc1. The molecule has 0 aliphatic rings. The molecule has 0 bridgehead atoms. The Morgan fingerprint density at radius 2 is 1.30 bits per heavy atom. The molecule has 0 saturated carbocycles. The Morgan fingerprint density at radius 1 is 0.815 bits per heavy atom. The molecule has 0 saturated heterocycles. The van der Waals surface area contributed by atoms with Crippen LogP contribution in [0.5, 0.6) is 0 Å². The summed E-state index contributed by atoms with van der Waals surface area (Å²) in [7, 11) is 0. The fraction of sp³-hybridized carbons (Fsp3) is 0.250. The van der Waals surface area contributed by atoms with Gasteiger partial charge < -0.3 is 15.4 Å². The molecule has 7 heteroatoms. The van der Waals surface area contributed by atoms with Crippen LogP contribution in [0.1, 0.15) is 31.1 Å². The topological polar surface area (TPSA) is 96.5 Å². The second-order valence-electron chi connectivity index (χ2n) is 6.10. The van der Waals surface area contributed by atoms with E-state index in [2.05, 4.69) is 16.0 Å². The second kappa shape index (κ2) is 9.38. The average Bonchev–Trinajstić information content (AvgIpc) is 2.64. The first-order chi connectivity index (χ1) is 12.9. The van der Waals surface area contributed by atoms with E-state index >= 15 is 0 Å². The van der Waals surface area contributed by atoms with Crippen molar-refractivity contribution >= 4 is 35.0 Å². The summed E-state index contributed by atoms with van der Waals surface area (Å²) in [4.78, 5) is 35.4. The first kappa shape index (κ1) is 20.0. The smallest absolute Gasteiger partial charge is 0.411 e. The molecule has 3 N–H and O–H groups in total. The van der Waals surface area contributed by atoms with Crippen LogP contribution in [0.3, 0.4) is 0 Å². The number of benzene rings is 2. The van der Waals surface area contributed by atoms with Crippen molar-refractivity contribution in [1.82, 2.24) is 0 Å². The summed E-state index contributed by atoms with van der Waals surface area (Å²) in [5, 5.41) is 8.13. The van der Waals surface area contributed by atoms with Crippen LogP contribution in [0.2, 0.25) is 0 Å². The lowest BCUT2D eigenvalue weighted by Gasteiger charge is -2.10. The van der Waals surface area contributed by atoms with E-state index in [1.54, 1.807) is 55.5 Å². The third-order valence-electron chi connectivity index (χ3n) is 3.60. The van der Waals surface area contributed by atoms with Crippen molar-refractivity contribution in [1.29, 1.82) is 0 Å². The van der Waals surface area contributed by atoms with Gasteiger partial charge in [0.25, 0.3) is 5.91 Å². The minimum Gasteiger partial charge on any atom is -0.450 e. The van der Waals surface area contributed by atoms with Crippen LogP contribution in [0.15, 0.2) is 48.5 Å². The summed E-state index contributed by atoms with van der Waals surface area (Å²) in [5.74, 6) is -0.453. The van der Waals surface area contributed by atoms with Gasteiger partial charge in [-0.2, -0.15) is 0 Å². The van der Waals surface area contributed by atoms with Gasteiger partial charge in [-0.15, -0.1) is 0 Å². The molecule has 0 aromatic heterocycles. The van der Waals surface area contributed by atoms with E-state index in [1.807, 2.05) is 13.8 Å². The molecule has 2 aromatic carbocycles. The summed E-state index contributed by atoms with van der Waals surface area (Å²) >= 11 is 0. The van der Waals surface area contributed by atoms with Crippen LogP contribution in [0, 0.1) is 5.92 Å². The number of ether oxygens (including phenoxy) is 1. The maximum atomic E-state index is 12.3. The quantitative estimate of drug-likeness (QED) is 0.714. The van der Waals surface area contributed by atoms with E-state index in [0.29, 0.717) is 22.6 Å². The number of carbonyl (C=O) groups excluding carboxylic acids is 3. The van der Waals surface area contributed by atoms with Crippen LogP contribution in [0.4, 0.5) is 21.9 Å². The van der Waals surface area contributed by atoms with Gasteiger partial charge in [-0.1, -0.05) is 13.8 Å². The Hall–Kier alpha value is -3.35. The number of hydrogen-bond donors (Lipinski definition) is 3. The summed E-state index contributed by atoms with van der Waals surface area (Å²) in [6.45, 7) is 5.64. The van der Waals surface area contributed by atoms with Gasteiger partial charge >= 0.3 is 6.09 Å². The van der Waals surface area contributed by atoms with Crippen molar-refractivity contribution in [3.63, 3.8) is 0 Å². The molecule has 0 atom stereocenters. The number of carbonyl (C=O) groups is 3. The molecule has 2 rings (SSSR count). The predicted octanol–water partition coefficient (Wildman–Crippen LogP) is 4.10. The van der Waals surface area contributed by atoms with Crippen molar-refractivity contribution in [2.45, 2.75) is 20.8 Å². The molecular formula is C20H23N3O4. The normalized spacial score (nSPS) is 10.2. The molecule has 0 heterocycles. The van der Waals surface area contributed by atoms with Gasteiger partial charge in [0.15, 0.2) is 0 Å². The van der Waals surface area contributed by atoms with Gasteiger partial charge in [0.1, 0.15) is 0 Å². The van der Waals surface area contributed by atoms with Gasteiger partial charge in [0.2, 0.25) is 5.91 Å². The zero-order valence-corrected chi connectivity index (χ0v) is 15.5. The number of nitrogens with one attached hydrogen (secondary N) is 3. The predicted molar refractivity (Wildman–Crippen MR) is 105 cm³/mol. The first-order valence-electron chi connectivity index (χ1n) is 8.65. The van der Waals surface area contributed by atoms with Crippen molar-refractivity contribution < 1.29 is 19.1 Å². The van der Waals surface area contributed by atoms with E-state index in [-0.39, 0.29) is 24.3 Å². The van der Waals surface area contributed by atoms with E-state index in [0.717, 1.165) is 0 Å². The molecule has 27 heavy (non-hydrogen) atoms. The zero-order chi connectivity index (χ0) is 19.8. The monoisotopic (exact) mass is 369 g/mol. The lowest BCUT2D eigenvalue weighted by Crippen LogP contribution is -2.17. The lowest BCUT2D eigenvalue weighted by molar-refractivity contribution is -0.118. The molecule has 142 valence electrons. The van der Waals surface area contributed by atoms with Crippen LogP contribution in [0.25, 0.3) is 0 Å². The molecule has 0 spiro atoms. The Bertz CT molecular complexity index is 799. The Morgan fingerprint density at radius 3 is 1.81 bits per heavy atom. The molecule has 3 amide bonds. The van der Waals surface area contributed by atoms with Crippen molar-refractivity contribution in [2.75, 3.05) is 22.6 Å².